The van der Waals surface area contributed by atoms with Crippen molar-refractivity contribution in [2.24, 2.45) is 0 Å². The van der Waals surface area contributed by atoms with E-state index in [1.54, 1.807) is 0 Å². The summed E-state index contributed by atoms with van der Waals surface area (Å²) in [5.74, 6) is -0.0945. The summed E-state index contributed by atoms with van der Waals surface area (Å²) in [6, 6.07) is 1.27. The Kier molecular flexibility index (Phi) is 7.15. The summed E-state index contributed by atoms with van der Waals surface area (Å²) in [5, 5.41) is 0. The molecule has 1 aliphatic rings. The third kappa shape index (κ3) is 7.46. The largest absolute Gasteiger partial charge is 0.447 e. The van der Waals surface area contributed by atoms with E-state index in [0.717, 1.165) is 25.7 Å². The third-order valence-corrected chi connectivity index (χ3v) is 5.08. The maximum atomic E-state index is 11.8. The zero-order valence-corrected chi connectivity index (χ0v) is 14.9. The molecule has 0 radical (unpaired) electrons. The summed E-state index contributed by atoms with van der Waals surface area (Å²) in [5.41, 5.74) is 1.50. The molecule has 1 aliphatic heterocycles. The van der Waals surface area contributed by atoms with E-state index in [9.17, 15) is 9.59 Å². The zero-order valence-electron chi connectivity index (χ0n) is 13.9. The van der Waals surface area contributed by atoms with E-state index < -0.39 is 14.2 Å². The van der Waals surface area contributed by atoms with Crippen molar-refractivity contribution in [1.82, 2.24) is 4.90 Å². The van der Waals surface area contributed by atoms with E-state index >= 15 is 0 Å². The van der Waals surface area contributed by atoms with E-state index in [2.05, 4.69) is 32.6 Å². The summed E-state index contributed by atoms with van der Waals surface area (Å²) in [6.45, 7) is 10.1. The van der Waals surface area contributed by atoms with Crippen molar-refractivity contribution in [2.45, 2.75) is 64.7 Å². The first kappa shape index (κ1) is 17.9. The maximum absolute atomic E-state index is 11.8. The van der Waals surface area contributed by atoms with Gasteiger partial charge in [0.05, 0.1) is 6.54 Å². The number of hydrogen-bond donors (Lipinski definition) is 0. The predicted octanol–water partition coefficient (Wildman–Crippen LogP) is 4.20. The molecule has 1 fully saturated rings. The quantitative estimate of drug-likeness (QED) is 0.383. The highest BCUT2D eigenvalue weighted by Crippen LogP contribution is 2.17. The summed E-state index contributed by atoms with van der Waals surface area (Å²) in [4.78, 5) is 24.2. The molecule has 4 nitrogen and oxygen atoms in total. The number of rotatable bonds is 8. The van der Waals surface area contributed by atoms with E-state index in [-0.39, 0.29) is 5.91 Å². The second-order valence-corrected chi connectivity index (χ2v) is 12.5. The molecule has 0 aromatic rings. The van der Waals surface area contributed by atoms with Gasteiger partial charge in [-0.05, 0) is 32.2 Å². The lowest BCUT2D eigenvalue weighted by Gasteiger charge is -2.15. The van der Waals surface area contributed by atoms with Crippen LogP contribution < -0.4 is 0 Å². The van der Waals surface area contributed by atoms with Crippen LogP contribution in [-0.2, 0) is 9.53 Å². The molecule has 0 N–H and O–H groups in total. The normalized spacial score (nSPS) is 16.3. The SMILES string of the molecule is C/C(=C\CCCCCC(=O)N1CCOC1=O)C[Si](C)(C)C. The average Bonchev–Trinajstić information content (AvgIpc) is 2.77. The van der Waals surface area contributed by atoms with Crippen molar-refractivity contribution < 1.29 is 14.3 Å². The lowest BCUT2D eigenvalue weighted by molar-refractivity contribution is -0.127. The molecule has 0 unspecified atom stereocenters. The predicted molar refractivity (Wildman–Crippen MR) is 88.1 cm³/mol. The van der Waals surface area contributed by atoms with Crippen molar-refractivity contribution in [3.05, 3.63) is 11.6 Å². The Morgan fingerprint density at radius 3 is 2.57 bits per heavy atom. The first-order chi connectivity index (χ1) is 9.79. The number of nitrogens with zero attached hydrogens (tertiary/aromatic N) is 1. The first-order valence-corrected chi connectivity index (χ1v) is 11.6. The number of cyclic esters (lactones) is 1. The number of imide groups is 1. The topological polar surface area (TPSA) is 46.6 Å². The molecule has 1 saturated heterocycles. The van der Waals surface area contributed by atoms with Gasteiger partial charge in [-0.2, -0.15) is 0 Å². The second kappa shape index (κ2) is 8.37. The lowest BCUT2D eigenvalue weighted by Crippen LogP contribution is -2.31. The van der Waals surface area contributed by atoms with Gasteiger partial charge in [-0.1, -0.05) is 37.7 Å². The van der Waals surface area contributed by atoms with E-state index in [4.69, 9.17) is 4.74 Å². The molecule has 21 heavy (non-hydrogen) atoms. The van der Waals surface area contributed by atoms with Gasteiger partial charge in [0, 0.05) is 14.5 Å². The Hall–Kier alpha value is -1.10. The third-order valence-electron chi connectivity index (χ3n) is 3.46. The summed E-state index contributed by atoms with van der Waals surface area (Å²) < 4.78 is 4.76. The van der Waals surface area contributed by atoms with Crippen LogP contribution in [0.25, 0.3) is 0 Å². The molecule has 0 aromatic carbocycles. The highest BCUT2D eigenvalue weighted by molar-refractivity contribution is 6.76. The second-order valence-electron chi connectivity index (χ2n) is 7.05. The monoisotopic (exact) mass is 311 g/mol. The molecule has 0 saturated carbocycles. The standard InChI is InChI=1S/C16H29NO3Si/c1-14(13-21(2,3)4)9-7-5-6-8-10-15(18)17-11-12-20-16(17)19/h9H,5-8,10-13H2,1-4H3/b14-9+. The van der Waals surface area contributed by atoms with Gasteiger partial charge in [0.2, 0.25) is 5.91 Å². The number of amides is 2. The van der Waals surface area contributed by atoms with Crippen LogP contribution in [0.15, 0.2) is 11.6 Å². The van der Waals surface area contributed by atoms with Gasteiger partial charge >= 0.3 is 6.09 Å². The van der Waals surface area contributed by atoms with Crippen molar-refractivity contribution in [3.63, 3.8) is 0 Å². The zero-order chi connectivity index (χ0) is 15.9. The van der Waals surface area contributed by atoms with Crippen molar-refractivity contribution in [2.75, 3.05) is 13.2 Å². The molecule has 0 bridgehead atoms. The van der Waals surface area contributed by atoms with Gasteiger partial charge in [-0.15, -0.1) is 0 Å². The van der Waals surface area contributed by atoms with E-state index in [1.165, 1.54) is 16.5 Å². The molecule has 5 heteroatoms. The van der Waals surface area contributed by atoms with E-state index in [1.807, 2.05) is 0 Å². The molecule has 0 spiro atoms. The minimum Gasteiger partial charge on any atom is -0.447 e. The Labute approximate surface area is 129 Å². The van der Waals surface area contributed by atoms with Gasteiger partial charge in [0.25, 0.3) is 0 Å². The average molecular weight is 311 g/mol. The Bertz CT molecular complexity index is 399. The van der Waals surface area contributed by atoms with Crippen molar-refractivity contribution in [3.8, 4) is 0 Å². The molecule has 2 amide bonds. The molecule has 1 rings (SSSR count). The fourth-order valence-electron chi connectivity index (χ4n) is 2.61. The molecule has 0 atom stereocenters. The first-order valence-electron chi connectivity index (χ1n) is 7.92. The molecule has 0 aromatic heterocycles. The summed E-state index contributed by atoms with van der Waals surface area (Å²) >= 11 is 0. The fraction of sp³-hybridized carbons (Fsp3) is 0.750. The maximum Gasteiger partial charge on any atom is 0.416 e. The summed E-state index contributed by atoms with van der Waals surface area (Å²) in [7, 11) is -0.995. The minimum atomic E-state index is -0.995. The minimum absolute atomic E-state index is 0.0945. The number of carbonyl (C=O) groups is 2. The van der Waals surface area contributed by atoms with Gasteiger partial charge in [0.1, 0.15) is 6.61 Å². The van der Waals surface area contributed by atoms with Crippen LogP contribution in [0, 0.1) is 0 Å². The van der Waals surface area contributed by atoms with Crippen molar-refractivity contribution >= 4 is 20.1 Å². The number of hydrogen-bond acceptors (Lipinski definition) is 3. The number of unbranched alkanes of at least 4 members (excludes halogenated alkanes) is 3. The molecule has 0 aliphatic carbocycles. The van der Waals surface area contributed by atoms with Crippen LogP contribution in [0.5, 0.6) is 0 Å². The van der Waals surface area contributed by atoms with Gasteiger partial charge in [0.15, 0.2) is 0 Å². The Balaban J connectivity index is 2.10. The smallest absolute Gasteiger partial charge is 0.416 e. The Morgan fingerprint density at radius 1 is 1.29 bits per heavy atom. The Morgan fingerprint density at radius 2 is 2.00 bits per heavy atom. The van der Waals surface area contributed by atoms with Gasteiger partial charge in [-0.25, -0.2) is 9.69 Å². The van der Waals surface area contributed by atoms with Crippen LogP contribution in [0.1, 0.15) is 39.0 Å². The lowest BCUT2D eigenvalue weighted by atomic mass is 10.1. The van der Waals surface area contributed by atoms with Gasteiger partial charge in [-0.3, -0.25) is 4.79 Å². The van der Waals surface area contributed by atoms with Crippen LogP contribution in [-0.4, -0.2) is 38.1 Å². The number of ether oxygens (including phenoxy) is 1. The molecular weight excluding hydrogens is 282 g/mol. The fourth-order valence-corrected chi connectivity index (χ4v) is 4.43. The van der Waals surface area contributed by atoms with Gasteiger partial charge < -0.3 is 4.74 Å². The van der Waals surface area contributed by atoms with Crippen molar-refractivity contribution in [1.29, 1.82) is 0 Å². The van der Waals surface area contributed by atoms with Crippen LogP contribution in [0.2, 0.25) is 25.7 Å². The molecular formula is C16H29NO3Si. The molecule has 1 heterocycles. The summed E-state index contributed by atoms with van der Waals surface area (Å²) in [6.07, 6.45) is 6.40. The molecule has 120 valence electrons. The van der Waals surface area contributed by atoms with Crippen LogP contribution >= 0.6 is 0 Å². The van der Waals surface area contributed by atoms with Crippen LogP contribution in [0.3, 0.4) is 0 Å². The van der Waals surface area contributed by atoms with E-state index in [0.29, 0.717) is 19.6 Å². The number of allylic oxidation sites excluding steroid dienone is 2. The number of carbonyl (C=O) groups excluding carboxylic acids is 2. The van der Waals surface area contributed by atoms with Crippen LogP contribution in [0.4, 0.5) is 4.79 Å². The highest BCUT2D eigenvalue weighted by Gasteiger charge is 2.27. The highest BCUT2D eigenvalue weighted by atomic mass is 28.3.